The van der Waals surface area contributed by atoms with Crippen molar-refractivity contribution in [2.24, 2.45) is 5.73 Å². The number of β-amino-alcohol motifs (C(OH)–C–C–N with tert-alkyl or cyclic N) is 1. The molecule has 26 heavy (non-hydrogen) atoms. The Morgan fingerprint density at radius 3 is 2.62 bits per heavy atom. The fraction of sp³-hybridized carbons (Fsp3) is 0.421. The number of benzene rings is 1. The topological polar surface area (TPSA) is 92.2 Å². The van der Waals surface area contributed by atoms with Gasteiger partial charge < -0.3 is 24.9 Å². The zero-order valence-corrected chi connectivity index (χ0v) is 14.7. The third-order valence-electron chi connectivity index (χ3n) is 4.42. The first-order chi connectivity index (χ1) is 12.7. The Balaban J connectivity index is 1.41. The fourth-order valence-electron chi connectivity index (χ4n) is 2.98. The van der Waals surface area contributed by atoms with Gasteiger partial charge in [-0.2, -0.15) is 0 Å². The lowest BCUT2D eigenvalue weighted by Crippen LogP contribution is -2.50. The summed E-state index contributed by atoms with van der Waals surface area (Å²) in [6.07, 6.45) is 0.889. The van der Waals surface area contributed by atoms with E-state index in [2.05, 4.69) is 4.90 Å². The average Bonchev–Trinajstić information content (AvgIpc) is 3.16. The summed E-state index contributed by atoms with van der Waals surface area (Å²) < 4.78 is 10.8. The van der Waals surface area contributed by atoms with Crippen LogP contribution in [0.2, 0.25) is 0 Å². The maximum atomic E-state index is 12.5. The van der Waals surface area contributed by atoms with Crippen LogP contribution in [0.5, 0.6) is 5.75 Å². The number of ether oxygens (including phenoxy) is 1. The summed E-state index contributed by atoms with van der Waals surface area (Å²) in [5, 5.41) is 10.2. The first-order valence-corrected chi connectivity index (χ1v) is 8.80. The predicted octanol–water partition coefficient (Wildman–Crippen LogP) is 0.936. The molecule has 1 aliphatic rings. The smallest absolute Gasteiger partial charge is 0.257 e. The molecule has 1 atom stereocenters. The van der Waals surface area contributed by atoms with Crippen LogP contribution in [0.1, 0.15) is 16.1 Å². The van der Waals surface area contributed by atoms with Crippen LogP contribution in [0.3, 0.4) is 0 Å². The molecule has 1 saturated heterocycles. The maximum absolute atomic E-state index is 12.5. The number of carbonyl (C=O) groups is 1. The molecule has 3 rings (SSSR count). The number of aliphatic hydroxyl groups is 1. The number of furan rings is 1. The Kier molecular flexibility index (Phi) is 6.27. The van der Waals surface area contributed by atoms with Gasteiger partial charge in [0.1, 0.15) is 30.5 Å². The van der Waals surface area contributed by atoms with Gasteiger partial charge in [0.25, 0.3) is 5.91 Å². The number of aliphatic hydroxyl groups excluding tert-OH is 1. The van der Waals surface area contributed by atoms with Crippen LogP contribution in [0.15, 0.2) is 47.1 Å². The molecule has 3 N–H and O–H groups in total. The van der Waals surface area contributed by atoms with Gasteiger partial charge in [-0.25, -0.2) is 0 Å². The molecule has 140 valence electrons. The molecular formula is C19H25N3O4. The highest BCUT2D eigenvalue weighted by molar-refractivity contribution is 5.94. The molecule has 0 radical (unpaired) electrons. The monoisotopic (exact) mass is 359 g/mol. The van der Waals surface area contributed by atoms with Gasteiger partial charge in [0.05, 0.1) is 12.1 Å². The van der Waals surface area contributed by atoms with Gasteiger partial charge >= 0.3 is 0 Å². The molecule has 1 aromatic heterocycles. The van der Waals surface area contributed by atoms with Crippen LogP contribution in [0.4, 0.5) is 0 Å². The number of nitrogens with zero attached hydrogens (tertiary/aromatic N) is 2. The van der Waals surface area contributed by atoms with Gasteiger partial charge in [-0.05, 0) is 18.2 Å². The van der Waals surface area contributed by atoms with Gasteiger partial charge in [0.2, 0.25) is 0 Å². The Hall–Kier alpha value is -2.35. The Morgan fingerprint density at radius 2 is 1.96 bits per heavy atom. The van der Waals surface area contributed by atoms with Crippen molar-refractivity contribution in [1.29, 1.82) is 0 Å². The summed E-state index contributed by atoms with van der Waals surface area (Å²) in [7, 11) is 0. The lowest BCUT2D eigenvalue weighted by atomic mass is 10.2. The van der Waals surface area contributed by atoms with Crippen LogP contribution in [0.25, 0.3) is 0 Å². The molecule has 1 fully saturated rings. The van der Waals surface area contributed by atoms with E-state index >= 15 is 0 Å². The van der Waals surface area contributed by atoms with E-state index in [-0.39, 0.29) is 19.1 Å². The summed E-state index contributed by atoms with van der Waals surface area (Å²) >= 11 is 0. The molecule has 0 bridgehead atoms. The van der Waals surface area contributed by atoms with Gasteiger partial charge in [-0.1, -0.05) is 18.2 Å². The van der Waals surface area contributed by atoms with E-state index in [9.17, 15) is 9.90 Å². The van der Waals surface area contributed by atoms with Crippen LogP contribution in [-0.4, -0.2) is 66.2 Å². The highest BCUT2D eigenvalue weighted by Crippen LogP contribution is 2.13. The minimum Gasteiger partial charge on any atom is -0.491 e. The number of hydrogen-bond donors (Lipinski definition) is 2. The zero-order valence-electron chi connectivity index (χ0n) is 14.7. The van der Waals surface area contributed by atoms with E-state index in [4.69, 9.17) is 14.9 Å². The minimum atomic E-state index is -0.571. The van der Waals surface area contributed by atoms with Gasteiger partial charge in [0.15, 0.2) is 0 Å². The van der Waals surface area contributed by atoms with Crippen molar-refractivity contribution in [3.63, 3.8) is 0 Å². The number of rotatable bonds is 7. The second-order valence-corrected chi connectivity index (χ2v) is 6.38. The Morgan fingerprint density at radius 1 is 1.23 bits per heavy atom. The van der Waals surface area contributed by atoms with Gasteiger partial charge in [-0.3, -0.25) is 9.69 Å². The van der Waals surface area contributed by atoms with E-state index in [1.54, 1.807) is 11.0 Å². The van der Waals surface area contributed by atoms with E-state index < -0.39 is 6.10 Å². The minimum absolute atomic E-state index is 0.0407. The summed E-state index contributed by atoms with van der Waals surface area (Å²) in [4.78, 5) is 16.4. The van der Waals surface area contributed by atoms with E-state index in [0.717, 1.165) is 18.8 Å². The molecule has 0 aliphatic carbocycles. The fourth-order valence-corrected chi connectivity index (χ4v) is 2.98. The molecule has 1 amide bonds. The second-order valence-electron chi connectivity index (χ2n) is 6.38. The van der Waals surface area contributed by atoms with Crippen LogP contribution >= 0.6 is 0 Å². The van der Waals surface area contributed by atoms with Crippen LogP contribution in [0, 0.1) is 0 Å². The van der Waals surface area contributed by atoms with Crippen molar-refractivity contribution in [2.45, 2.75) is 12.6 Å². The second kappa shape index (κ2) is 8.84. The molecule has 1 unspecified atom stereocenters. The van der Waals surface area contributed by atoms with Crippen LogP contribution in [-0.2, 0) is 6.54 Å². The van der Waals surface area contributed by atoms with Crippen LogP contribution < -0.4 is 10.5 Å². The number of hydrogen-bond acceptors (Lipinski definition) is 6. The van der Waals surface area contributed by atoms with Crippen molar-refractivity contribution in [3.8, 4) is 5.75 Å². The van der Waals surface area contributed by atoms with Crippen molar-refractivity contribution in [3.05, 3.63) is 54.0 Å². The summed E-state index contributed by atoms with van der Waals surface area (Å²) in [5.74, 6) is 1.31. The van der Waals surface area contributed by atoms with Crippen molar-refractivity contribution < 1.29 is 19.1 Å². The first-order valence-electron chi connectivity index (χ1n) is 8.80. The number of piperazine rings is 1. The molecule has 7 heteroatoms. The standard InChI is InChI=1S/C19H25N3O4/c20-11-18-10-15(13-25-18)19(24)22-8-6-21(7-9-22)12-16(23)14-26-17-4-2-1-3-5-17/h1-5,10,13,16,23H,6-9,11-12,14,20H2. The number of carbonyl (C=O) groups excluding carboxylic acids is 1. The van der Waals surface area contributed by atoms with Crippen molar-refractivity contribution in [2.75, 3.05) is 39.3 Å². The van der Waals surface area contributed by atoms with Crippen molar-refractivity contribution in [1.82, 2.24) is 9.80 Å². The third-order valence-corrected chi connectivity index (χ3v) is 4.42. The highest BCUT2D eigenvalue weighted by Gasteiger charge is 2.24. The number of amides is 1. The lowest BCUT2D eigenvalue weighted by Gasteiger charge is -2.35. The average molecular weight is 359 g/mol. The van der Waals surface area contributed by atoms with Gasteiger partial charge in [0, 0.05) is 32.7 Å². The molecule has 2 aromatic rings. The highest BCUT2D eigenvalue weighted by atomic mass is 16.5. The van der Waals surface area contributed by atoms with E-state index in [1.807, 2.05) is 30.3 Å². The molecule has 0 spiro atoms. The van der Waals surface area contributed by atoms with Gasteiger partial charge in [-0.15, -0.1) is 0 Å². The van der Waals surface area contributed by atoms with E-state index in [1.165, 1.54) is 6.26 Å². The SMILES string of the molecule is NCc1cc(C(=O)N2CCN(CC(O)COc3ccccc3)CC2)co1. The van der Waals surface area contributed by atoms with Crippen molar-refractivity contribution >= 4 is 5.91 Å². The normalized spacial score (nSPS) is 16.5. The molecule has 1 aromatic carbocycles. The summed E-state index contributed by atoms with van der Waals surface area (Å²) in [5.41, 5.74) is 6.05. The lowest BCUT2D eigenvalue weighted by molar-refractivity contribution is 0.0403. The largest absolute Gasteiger partial charge is 0.491 e. The molecular weight excluding hydrogens is 334 g/mol. The summed E-state index contributed by atoms with van der Waals surface area (Å²) in [6.45, 7) is 3.73. The Labute approximate surface area is 152 Å². The first kappa shape index (κ1) is 18.4. The molecule has 0 saturated carbocycles. The van der Waals surface area contributed by atoms with E-state index in [0.29, 0.717) is 31.0 Å². The number of nitrogens with two attached hydrogens (primary N) is 1. The third kappa shape index (κ3) is 4.85. The maximum Gasteiger partial charge on any atom is 0.257 e. The predicted molar refractivity (Wildman–Crippen MR) is 96.9 cm³/mol. The summed E-state index contributed by atoms with van der Waals surface area (Å²) in [6, 6.07) is 11.1. The molecule has 2 heterocycles. The Bertz CT molecular complexity index is 696. The zero-order chi connectivity index (χ0) is 18.4. The number of para-hydroxylation sites is 1. The quantitative estimate of drug-likeness (QED) is 0.764. The molecule has 1 aliphatic heterocycles. The molecule has 7 nitrogen and oxygen atoms in total.